The number of nitrogens with one attached hydrogen (secondary N) is 1. The average molecular weight is 296 g/mol. The lowest BCUT2D eigenvalue weighted by Gasteiger charge is -2.26. The Labute approximate surface area is 126 Å². The Morgan fingerprint density at radius 2 is 2.15 bits per heavy atom. The van der Waals surface area contributed by atoms with Crippen LogP contribution in [0.3, 0.4) is 0 Å². The minimum absolute atomic E-state index is 0. The quantitative estimate of drug-likeness (QED) is 0.921. The summed E-state index contributed by atoms with van der Waals surface area (Å²) in [4.78, 5) is 16.4. The first kappa shape index (κ1) is 15.1. The Balaban J connectivity index is 0.00000147. The number of carbonyl (C=O) groups excluding carboxylic acids is 1. The molecule has 0 bridgehead atoms. The zero-order valence-corrected chi connectivity index (χ0v) is 12.7. The second-order valence-electron chi connectivity index (χ2n) is 5.46. The van der Waals surface area contributed by atoms with E-state index in [4.69, 9.17) is 0 Å². The molecule has 5 heteroatoms. The fraction of sp³-hybridized carbons (Fsp3) is 0.533. The van der Waals surface area contributed by atoms with E-state index in [1.54, 1.807) is 0 Å². The highest BCUT2D eigenvalue weighted by Gasteiger charge is 2.30. The number of anilines is 1. The molecule has 0 aromatic heterocycles. The number of likely N-dealkylation sites (N-methyl/N-ethyl adjacent to an activating group) is 1. The van der Waals surface area contributed by atoms with E-state index in [1.807, 2.05) is 18.0 Å². The topological polar surface area (TPSA) is 35.6 Å². The number of para-hydroxylation sites is 1. The minimum atomic E-state index is 0. The molecule has 1 N–H and O–H groups in total. The van der Waals surface area contributed by atoms with Gasteiger partial charge in [-0.25, -0.2) is 0 Å². The second-order valence-corrected chi connectivity index (χ2v) is 5.46. The van der Waals surface area contributed by atoms with Crippen molar-refractivity contribution in [3.8, 4) is 0 Å². The van der Waals surface area contributed by atoms with Gasteiger partial charge in [-0.15, -0.1) is 12.4 Å². The number of nitrogens with zero attached hydrogens (tertiary/aromatic N) is 2. The number of fused-ring (bicyclic) bond motifs is 1. The molecule has 0 saturated heterocycles. The first-order valence-corrected chi connectivity index (χ1v) is 7.05. The van der Waals surface area contributed by atoms with Crippen LogP contribution in [0.25, 0.3) is 0 Å². The number of hydrogen-bond donors (Lipinski definition) is 1. The summed E-state index contributed by atoms with van der Waals surface area (Å²) in [7, 11) is 1.93. The van der Waals surface area contributed by atoms with E-state index in [0.29, 0.717) is 12.6 Å². The summed E-state index contributed by atoms with van der Waals surface area (Å²) < 4.78 is 0. The van der Waals surface area contributed by atoms with E-state index in [2.05, 4.69) is 28.4 Å². The van der Waals surface area contributed by atoms with Gasteiger partial charge in [-0.2, -0.15) is 0 Å². The van der Waals surface area contributed by atoms with Crippen molar-refractivity contribution in [1.29, 1.82) is 0 Å². The molecule has 0 unspecified atom stereocenters. The Morgan fingerprint density at radius 1 is 1.40 bits per heavy atom. The lowest BCUT2D eigenvalue weighted by atomic mass is 10.1. The van der Waals surface area contributed by atoms with Crippen LogP contribution in [0.1, 0.15) is 18.4 Å². The van der Waals surface area contributed by atoms with E-state index < -0.39 is 0 Å². The molecule has 1 fully saturated rings. The molecule has 110 valence electrons. The standard InChI is InChI=1S/C15H21N3O.ClH/c1-17(13-6-7-13)15(19)11-18-9-8-16-10-12-4-2-3-5-14(12)18;/h2-5,13,16H,6-11H2,1H3;1H. The van der Waals surface area contributed by atoms with Crippen molar-refractivity contribution < 1.29 is 4.79 Å². The highest BCUT2D eigenvalue weighted by molar-refractivity contribution is 5.85. The van der Waals surface area contributed by atoms with Crippen molar-refractivity contribution in [2.75, 3.05) is 31.6 Å². The van der Waals surface area contributed by atoms with Crippen molar-refractivity contribution in [2.24, 2.45) is 0 Å². The monoisotopic (exact) mass is 295 g/mol. The summed E-state index contributed by atoms with van der Waals surface area (Å²) >= 11 is 0. The molecule has 0 atom stereocenters. The molecule has 1 aromatic rings. The summed E-state index contributed by atoms with van der Waals surface area (Å²) in [6, 6.07) is 8.85. The van der Waals surface area contributed by atoms with Crippen molar-refractivity contribution in [3.63, 3.8) is 0 Å². The molecular weight excluding hydrogens is 274 g/mol. The van der Waals surface area contributed by atoms with Crippen LogP contribution >= 0.6 is 12.4 Å². The van der Waals surface area contributed by atoms with Crippen molar-refractivity contribution in [2.45, 2.75) is 25.4 Å². The molecule has 20 heavy (non-hydrogen) atoms. The maximum absolute atomic E-state index is 12.3. The number of amides is 1. The molecule has 1 aliphatic heterocycles. The fourth-order valence-electron chi connectivity index (χ4n) is 2.63. The van der Waals surface area contributed by atoms with E-state index in [-0.39, 0.29) is 18.3 Å². The summed E-state index contributed by atoms with van der Waals surface area (Å²) in [5, 5.41) is 3.40. The van der Waals surface area contributed by atoms with Crippen LogP contribution in [-0.4, -0.2) is 43.5 Å². The zero-order valence-electron chi connectivity index (χ0n) is 11.8. The van der Waals surface area contributed by atoms with Gasteiger partial charge < -0.3 is 15.1 Å². The molecule has 1 saturated carbocycles. The normalized spacial score (nSPS) is 17.8. The Kier molecular flexibility index (Phi) is 4.89. The number of carbonyl (C=O) groups is 1. The van der Waals surface area contributed by atoms with Crippen LogP contribution in [0.4, 0.5) is 5.69 Å². The van der Waals surface area contributed by atoms with Gasteiger partial charge in [0.25, 0.3) is 0 Å². The highest BCUT2D eigenvalue weighted by atomic mass is 35.5. The molecule has 0 radical (unpaired) electrons. The molecule has 0 spiro atoms. The molecular formula is C15H22ClN3O. The third kappa shape index (κ3) is 3.25. The van der Waals surface area contributed by atoms with Crippen molar-refractivity contribution >= 4 is 24.0 Å². The molecule has 2 aliphatic rings. The summed E-state index contributed by atoms with van der Waals surface area (Å²) in [5.41, 5.74) is 2.48. The van der Waals surface area contributed by atoms with E-state index in [1.165, 1.54) is 24.1 Å². The first-order valence-electron chi connectivity index (χ1n) is 7.05. The number of benzene rings is 1. The van der Waals surface area contributed by atoms with Gasteiger partial charge in [-0.05, 0) is 24.5 Å². The largest absolute Gasteiger partial charge is 0.361 e. The van der Waals surface area contributed by atoms with Crippen molar-refractivity contribution in [3.05, 3.63) is 29.8 Å². The third-order valence-electron chi connectivity index (χ3n) is 4.02. The first-order chi connectivity index (χ1) is 9.25. The van der Waals surface area contributed by atoms with E-state index in [9.17, 15) is 4.79 Å². The molecule has 1 aromatic carbocycles. The summed E-state index contributed by atoms with van der Waals surface area (Å²) in [6.07, 6.45) is 2.33. The van der Waals surface area contributed by atoms with Crippen LogP contribution in [0.5, 0.6) is 0 Å². The lowest BCUT2D eigenvalue weighted by molar-refractivity contribution is -0.128. The highest BCUT2D eigenvalue weighted by Crippen LogP contribution is 2.26. The molecule has 3 rings (SSSR count). The van der Waals surface area contributed by atoms with E-state index >= 15 is 0 Å². The van der Waals surface area contributed by atoms with Crippen LogP contribution in [0.15, 0.2) is 24.3 Å². The lowest BCUT2D eigenvalue weighted by Crippen LogP contribution is -2.41. The zero-order chi connectivity index (χ0) is 13.2. The second kappa shape index (κ2) is 6.46. The smallest absolute Gasteiger partial charge is 0.242 e. The van der Waals surface area contributed by atoms with Gasteiger partial charge in [0.05, 0.1) is 6.54 Å². The predicted octanol–water partition coefficient (Wildman–Crippen LogP) is 1.64. The SMILES string of the molecule is CN(C(=O)CN1CCNCc2ccccc21)C1CC1.Cl. The number of hydrogen-bond acceptors (Lipinski definition) is 3. The van der Waals surface area contributed by atoms with E-state index in [0.717, 1.165) is 19.6 Å². The van der Waals surface area contributed by atoms with Gasteiger partial charge in [0.1, 0.15) is 0 Å². The minimum Gasteiger partial charge on any atom is -0.361 e. The average Bonchev–Trinajstić information content (AvgIpc) is 3.25. The molecule has 4 nitrogen and oxygen atoms in total. The maximum atomic E-state index is 12.3. The van der Waals surface area contributed by atoms with Gasteiger partial charge in [-0.1, -0.05) is 18.2 Å². The van der Waals surface area contributed by atoms with Crippen molar-refractivity contribution in [1.82, 2.24) is 10.2 Å². The summed E-state index contributed by atoms with van der Waals surface area (Å²) in [6.45, 7) is 3.20. The van der Waals surface area contributed by atoms with Gasteiger partial charge in [0.2, 0.25) is 5.91 Å². The Bertz CT molecular complexity index is 476. The molecule has 1 amide bonds. The van der Waals surface area contributed by atoms with Crippen LogP contribution in [-0.2, 0) is 11.3 Å². The fourth-order valence-corrected chi connectivity index (χ4v) is 2.63. The van der Waals surface area contributed by atoms with Crippen LogP contribution in [0.2, 0.25) is 0 Å². The number of rotatable bonds is 3. The van der Waals surface area contributed by atoms with Gasteiger partial charge in [0.15, 0.2) is 0 Å². The van der Waals surface area contributed by atoms with Gasteiger partial charge in [0, 0.05) is 38.4 Å². The summed E-state index contributed by atoms with van der Waals surface area (Å²) in [5.74, 6) is 0.235. The number of halogens is 1. The molecule has 1 aliphatic carbocycles. The van der Waals surface area contributed by atoms with Crippen LogP contribution in [0, 0.1) is 0 Å². The Morgan fingerprint density at radius 3 is 2.90 bits per heavy atom. The van der Waals surface area contributed by atoms with Gasteiger partial charge in [-0.3, -0.25) is 4.79 Å². The molecule has 1 heterocycles. The Hall–Kier alpha value is -1.26. The predicted molar refractivity (Wildman–Crippen MR) is 83.4 cm³/mol. The van der Waals surface area contributed by atoms with Crippen LogP contribution < -0.4 is 10.2 Å². The third-order valence-corrected chi connectivity index (χ3v) is 4.02. The maximum Gasteiger partial charge on any atom is 0.242 e. The van der Waals surface area contributed by atoms with Gasteiger partial charge >= 0.3 is 0 Å².